The van der Waals surface area contributed by atoms with Gasteiger partial charge < -0.3 is 19.1 Å². The molecule has 0 bridgehead atoms. The first-order chi connectivity index (χ1) is 6.31. The Morgan fingerprint density at radius 1 is 1.21 bits per heavy atom. The molecule has 0 saturated carbocycles. The van der Waals surface area contributed by atoms with Gasteiger partial charge in [-0.1, -0.05) is 0 Å². The zero-order valence-electron chi connectivity index (χ0n) is 8.91. The monoisotopic (exact) mass is 203 g/mol. The molecule has 0 aliphatic carbocycles. The number of carboxylic acid groups (broad SMARTS) is 1. The Bertz CT molecular complexity index is 207. The van der Waals surface area contributed by atoms with E-state index in [2.05, 4.69) is 0 Å². The smallest absolute Gasteiger partial charge is 0.306 e. The lowest BCUT2D eigenvalue weighted by Gasteiger charge is -2.23. The van der Waals surface area contributed by atoms with Gasteiger partial charge >= 0.3 is 5.97 Å². The molecule has 82 valence electrons. The van der Waals surface area contributed by atoms with Crippen molar-refractivity contribution < 1.29 is 23.9 Å². The summed E-state index contributed by atoms with van der Waals surface area (Å²) in [5.74, 6) is -1.71. The number of aliphatic carboxylic acids is 1. The van der Waals surface area contributed by atoms with E-state index in [1.54, 1.807) is 0 Å². The van der Waals surface area contributed by atoms with Gasteiger partial charge in [0.15, 0.2) is 0 Å². The Morgan fingerprint density at radius 2 is 1.79 bits per heavy atom. The molecule has 0 aromatic carbocycles. The number of ether oxygens (including phenoxy) is 1. The van der Waals surface area contributed by atoms with E-state index >= 15 is 0 Å². The summed E-state index contributed by atoms with van der Waals surface area (Å²) in [6.07, 6.45) is -0.386. The topological polar surface area (TPSA) is 66.4 Å². The van der Waals surface area contributed by atoms with Crippen LogP contribution < -0.4 is 5.11 Å². The van der Waals surface area contributed by atoms with Crippen LogP contribution in [-0.4, -0.2) is 50.7 Å². The lowest BCUT2D eigenvalue weighted by atomic mass is 10.3. The molecule has 14 heavy (non-hydrogen) atoms. The number of esters is 1. The van der Waals surface area contributed by atoms with Crippen LogP contribution in [0.4, 0.5) is 0 Å². The summed E-state index contributed by atoms with van der Waals surface area (Å²) in [5, 5.41) is 10.0. The molecule has 0 rings (SSSR count). The molecule has 0 aromatic rings. The number of quaternary nitrogens is 1. The lowest BCUT2D eigenvalue weighted by molar-refractivity contribution is -0.870. The first kappa shape index (κ1) is 12.9. The van der Waals surface area contributed by atoms with Gasteiger partial charge in [0.25, 0.3) is 0 Å². The second-order valence-electron chi connectivity index (χ2n) is 4.11. The van der Waals surface area contributed by atoms with Gasteiger partial charge in [-0.3, -0.25) is 4.79 Å². The molecule has 0 unspecified atom stereocenters. The van der Waals surface area contributed by atoms with Crippen molar-refractivity contribution in [3.63, 3.8) is 0 Å². The number of hydrogen-bond donors (Lipinski definition) is 0. The van der Waals surface area contributed by atoms with Crippen LogP contribution in [0.5, 0.6) is 0 Å². The van der Waals surface area contributed by atoms with Crippen molar-refractivity contribution >= 4 is 11.9 Å². The van der Waals surface area contributed by atoms with Crippen LogP contribution in [0.1, 0.15) is 12.8 Å². The molecule has 0 saturated heterocycles. The van der Waals surface area contributed by atoms with Crippen molar-refractivity contribution in [3.8, 4) is 0 Å². The number of carbonyl (C=O) groups excluding carboxylic acids is 2. The molecular weight excluding hydrogens is 186 g/mol. The predicted molar refractivity (Wildman–Crippen MR) is 48.1 cm³/mol. The van der Waals surface area contributed by atoms with Crippen molar-refractivity contribution in [3.05, 3.63) is 0 Å². The number of likely N-dealkylation sites (N-methyl/N-ethyl adjacent to an activating group) is 1. The summed E-state index contributed by atoms with van der Waals surface area (Å²) in [6, 6.07) is 0. The maximum Gasteiger partial charge on any atom is 0.306 e. The summed E-state index contributed by atoms with van der Waals surface area (Å²) < 4.78 is 5.52. The van der Waals surface area contributed by atoms with Gasteiger partial charge in [-0.25, -0.2) is 0 Å². The van der Waals surface area contributed by atoms with Crippen molar-refractivity contribution in [2.24, 2.45) is 0 Å². The van der Waals surface area contributed by atoms with Crippen molar-refractivity contribution in [2.45, 2.75) is 12.8 Å². The largest absolute Gasteiger partial charge is 0.550 e. The zero-order chi connectivity index (χ0) is 11.2. The van der Waals surface area contributed by atoms with E-state index in [0.717, 1.165) is 0 Å². The Balaban J connectivity index is 3.50. The molecule has 0 radical (unpaired) electrons. The zero-order valence-corrected chi connectivity index (χ0v) is 8.91. The third-order valence-electron chi connectivity index (χ3n) is 1.56. The van der Waals surface area contributed by atoms with Crippen LogP contribution in [-0.2, 0) is 14.3 Å². The molecule has 0 N–H and O–H groups in total. The SMILES string of the molecule is C[N+](C)(C)CCOC(=O)CCC(=O)[O-]. The fourth-order valence-corrected chi connectivity index (χ4v) is 0.710. The van der Waals surface area contributed by atoms with Crippen molar-refractivity contribution in [2.75, 3.05) is 34.3 Å². The highest BCUT2D eigenvalue weighted by Gasteiger charge is 2.08. The van der Waals surface area contributed by atoms with E-state index in [1.807, 2.05) is 21.1 Å². The molecular formula is C9H17NO4. The van der Waals surface area contributed by atoms with Gasteiger partial charge in [-0.05, 0) is 6.42 Å². The van der Waals surface area contributed by atoms with E-state index in [9.17, 15) is 14.7 Å². The first-order valence-electron chi connectivity index (χ1n) is 4.47. The van der Waals surface area contributed by atoms with Crippen molar-refractivity contribution in [1.82, 2.24) is 0 Å². The maximum absolute atomic E-state index is 10.9. The molecule has 0 amide bonds. The number of carboxylic acids is 1. The van der Waals surface area contributed by atoms with Gasteiger partial charge in [-0.15, -0.1) is 0 Å². The van der Waals surface area contributed by atoms with Crippen LogP contribution in [0.15, 0.2) is 0 Å². The average Bonchev–Trinajstić information content (AvgIpc) is 1.98. The Morgan fingerprint density at radius 3 is 2.21 bits per heavy atom. The van der Waals surface area contributed by atoms with Gasteiger partial charge in [0.05, 0.1) is 27.6 Å². The highest BCUT2D eigenvalue weighted by Crippen LogP contribution is 1.94. The molecule has 5 nitrogen and oxygen atoms in total. The lowest BCUT2D eigenvalue weighted by Crippen LogP contribution is -2.38. The molecule has 5 heteroatoms. The highest BCUT2D eigenvalue weighted by molar-refractivity contribution is 5.75. The fourth-order valence-electron chi connectivity index (χ4n) is 0.710. The van der Waals surface area contributed by atoms with Crippen LogP contribution >= 0.6 is 0 Å². The number of hydrogen-bond acceptors (Lipinski definition) is 4. The summed E-state index contributed by atoms with van der Waals surface area (Å²) in [5.41, 5.74) is 0. The van der Waals surface area contributed by atoms with Crippen LogP contribution in [0, 0.1) is 0 Å². The van der Waals surface area contributed by atoms with E-state index < -0.39 is 11.9 Å². The second-order valence-corrected chi connectivity index (χ2v) is 4.11. The first-order valence-corrected chi connectivity index (χ1v) is 4.47. The van der Waals surface area contributed by atoms with Crippen LogP contribution in [0.3, 0.4) is 0 Å². The Kier molecular flexibility index (Phi) is 5.15. The molecule has 0 heterocycles. The van der Waals surface area contributed by atoms with Gasteiger partial charge in [-0.2, -0.15) is 0 Å². The molecule has 0 spiro atoms. The standard InChI is InChI=1S/C9H17NO4/c1-10(2,3)6-7-14-9(13)5-4-8(11)12/h4-7H2,1-3H3. The van der Waals surface area contributed by atoms with E-state index in [0.29, 0.717) is 17.6 Å². The average molecular weight is 203 g/mol. The van der Waals surface area contributed by atoms with Gasteiger partial charge in [0.1, 0.15) is 13.2 Å². The number of nitrogens with zero attached hydrogens (tertiary/aromatic N) is 1. The molecule has 0 fully saturated rings. The normalized spacial score (nSPS) is 11.1. The Labute approximate surface area is 83.9 Å². The number of carbonyl (C=O) groups is 2. The molecule has 0 aliphatic heterocycles. The number of rotatable bonds is 6. The quantitative estimate of drug-likeness (QED) is 0.400. The Hall–Kier alpha value is -1.10. The van der Waals surface area contributed by atoms with Gasteiger partial charge in [0.2, 0.25) is 0 Å². The minimum absolute atomic E-state index is 0.112. The third kappa shape index (κ3) is 8.99. The van der Waals surface area contributed by atoms with Crippen molar-refractivity contribution in [1.29, 1.82) is 0 Å². The fraction of sp³-hybridized carbons (Fsp3) is 0.778. The van der Waals surface area contributed by atoms with E-state index in [4.69, 9.17) is 4.74 Å². The second kappa shape index (κ2) is 5.59. The van der Waals surface area contributed by atoms with Gasteiger partial charge in [0, 0.05) is 5.97 Å². The predicted octanol–water partition coefficient (Wildman–Crippen LogP) is -1.23. The van der Waals surface area contributed by atoms with E-state index in [1.165, 1.54) is 0 Å². The molecule has 0 aromatic heterocycles. The summed E-state index contributed by atoms with van der Waals surface area (Å²) in [6.45, 7) is 1.02. The third-order valence-corrected chi connectivity index (χ3v) is 1.56. The minimum atomic E-state index is -1.23. The maximum atomic E-state index is 10.9. The minimum Gasteiger partial charge on any atom is -0.550 e. The summed E-state index contributed by atoms with van der Waals surface area (Å²) >= 11 is 0. The highest BCUT2D eigenvalue weighted by atomic mass is 16.5. The van der Waals surface area contributed by atoms with Crippen LogP contribution in [0.2, 0.25) is 0 Å². The molecule has 0 aliphatic rings. The molecule has 0 atom stereocenters. The van der Waals surface area contributed by atoms with Crippen LogP contribution in [0.25, 0.3) is 0 Å². The van der Waals surface area contributed by atoms with E-state index in [-0.39, 0.29) is 12.8 Å². The summed E-state index contributed by atoms with van der Waals surface area (Å²) in [4.78, 5) is 20.9. The summed E-state index contributed by atoms with van der Waals surface area (Å²) in [7, 11) is 5.94.